The van der Waals surface area contributed by atoms with Gasteiger partial charge in [0.1, 0.15) is 0 Å². The summed E-state index contributed by atoms with van der Waals surface area (Å²) in [6, 6.07) is 10.1. The van der Waals surface area contributed by atoms with Crippen LogP contribution in [0.2, 0.25) is 0 Å². The van der Waals surface area contributed by atoms with E-state index < -0.39 is 0 Å². The number of hydrogen-bond acceptors (Lipinski definition) is 3. The Bertz CT molecular complexity index is 943. The van der Waals surface area contributed by atoms with Crippen molar-refractivity contribution in [3.63, 3.8) is 0 Å². The van der Waals surface area contributed by atoms with Gasteiger partial charge >= 0.3 is 0 Å². The minimum absolute atomic E-state index is 0.250. The van der Waals surface area contributed by atoms with Crippen LogP contribution in [0.15, 0.2) is 59.4 Å². The fraction of sp³-hybridized carbons (Fsp3) is 0.111. The van der Waals surface area contributed by atoms with Crippen LogP contribution in [0.3, 0.4) is 0 Å². The normalized spacial score (nSPS) is 12.3. The van der Waals surface area contributed by atoms with Gasteiger partial charge < -0.3 is 4.57 Å². The van der Waals surface area contributed by atoms with Crippen molar-refractivity contribution in [1.29, 1.82) is 0 Å². The number of amides is 1. The summed E-state index contributed by atoms with van der Waals surface area (Å²) >= 11 is 3.12. The van der Waals surface area contributed by atoms with Gasteiger partial charge in [0, 0.05) is 17.5 Å². The molecule has 1 aromatic carbocycles. The predicted molar refractivity (Wildman–Crippen MR) is 98.7 cm³/mol. The second-order valence-electron chi connectivity index (χ2n) is 5.00. The maximum absolute atomic E-state index is 12.1. The number of thiazole rings is 1. The summed E-state index contributed by atoms with van der Waals surface area (Å²) in [6.07, 6.45) is 5.14. The number of aryl methyl sites for hydroxylation is 1. The number of fused-ring (bicyclic) bond motifs is 1. The molecule has 0 saturated heterocycles. The lowest BCUT2D eigenvalue weighted by atomic mass is 10.2. The summed E-state index contributed by atoms with van der Waals surface area (Å²) < 4.78 is 3.17. The van der Waals surface area contributed by atoms with Crippen molar-refractivity contribution < 1.29 is 4.79 Å². The van der Waals surface area contributed by atoms with E-state index in [2.05, 4.69) is 30.6 Å². The Hall–Kier alpha value is -2.24. The molecule has 3 aromatic rings. The maximum Gasteiger partial charge on any atom is 0.272 e. The van der Waals surface area contributed by atoms with Gasteiger partial charge in [-0.2, -0.15) is 4.99 Å². The van der Waals surface area contributed by atoms with Crippen LogP contribution in [0.25, 0.3) is 16.3 Å². The molecule has 0 unspecified atom stereocenters. The lowest BCUT2D eigenvalue weighted by molar-refractivity contribution is -0.113. The van der Waals surface area contributed by atoms with E-state index in [1.165, 1.54) is 23.0 Å². The Balaban J connectivity index is 2.04. The first-order valence-electron chi connectivity index (χ1n) is 7.19. The van der Waals surface area contributed by atoms with Crippen LogP contribution in [0.4, 0.5) is 0 Å². The van der Waals surface area contributed by atoms with Gasteiger partial charge in [-0.3, -0.25) is 4.79 Å². The number of benzene rings is 1. The molecule has 0 N–H and O–H groups in total. The number of carbonyl (C=O) groups excluding carboxylic acids is 1. The van der Waals surface area contributed by atoms with Crippen molar-refractivity contribution in [2.45, 2.75) is 13.5 Å². The quantitative estimate of drug-likeness (QED) is 0.512. The van der Waals surface area contributed by atoms with E-state index in [-0.39, 0.29) is 5.91 Å². The van der Waals surface area contributed by atoms with E-state index in [9.17, 15) is 4.79 Å². The van der Waals surface area contributed by atoms with Crippen molar-refractivity contribution in [2.24, 2.45) is 4.99 Å². The van der Waals surface area contributed by atoms with Crippen LogP contribution < -0.4 is 4.80 Å². The number of nitrogens with zero attached hydrogens (tertiary/aromatic N) is 2. The zero-order chi connectivity index (χ0) is 16.2. The zero-order valence-corrected chi connectivity index (χ0v) is 14.4. The summed E-state index contributed by atoms with van der Waals surface area (Å²) in [6.45, 7) is 6.50. The molecule has 5 heteroatoms. The highest BCUT2D eigenvalue weighted by Gasteiger charge is 2.08. The van der Waals surface area contributed by atoms with Gasteiger partial charge in [0.25, 0.3) is 5.91 Å². The number of para-hydroxylation sites is 1. The summed E-state index contributed by atoms with van der Waals surface area (Å²) in [4.78, 5) is 18.2. The Labute approximate surface area is 142 Å². The third-order valence-electron chi connectivity index (χ3n) is 3.35. The van der Waals surface area contributed by atoms with Crippen LogP contribution in [0.1, 0.15) is 10.4 Å². The fourth-order valence-corrected chi connectivity index (χ4v) is 4.10. The summed E-state index contributed by atoms with van der Waals surface area (Å²) in [7, 11) is 0. The van der Waals surface area contributed by atoms with E-state index in [1.54, 1.807) is 17.4 Å². The monoisotopic (exact) mass is 340 g/mol. The predicted octanol–water partition coefficient (Wildman–Crippen LogP) is 4.40. The van der Waals surface area contributed by atoms with Crippen LogP contribution in [-0.4, -0.2) is 10.5 Å². The third kappa shape index (κ3) is 3.41. The van der Waals surface area contributed by atoms with Crippen molar-refractivity contribution in [3.8, 4) is 0 Å². The van der Waals surface area contributed by atoms with Gasteiger partial charge in [0.15, 0.2) is 4.80 Å². The number of hydrogen-bond donors (Lipinski definition) is 0. The van der Waals surface area contributed by atoms with Gasteiger partial charge in [0.2, 0.25) is 0 Å². The molecule has 2 aromatic heterocycles. The highest BCUT2D eigenvalue weighted by atomic mass is 32.1. The molecule has 0 bridgehead atoms. The van der Waals surface area contributed by atoms with Crippen molar-refractivity contribution in [1.82, 2.24) is 4.57 Å². The zero-order valence-electron chi connectivity index (χ0n) is 12.7. The molecule has 0 aliphatic heterocycles. The Morgan fingerprint density at radius 1 is 1.35 bits per heavy atom. The topological polar surface area (TPSA) is 34.4 Å². The SMILES string of the molecule is C=CCn1c(=NC(=O)C=Cc2cccs2)sc2cccc(C)c21. The first-order chi connectivity index (χ1) is 11.2. The standard InChI is InChI=1S/C18H16N2OS2/c1-3-11-20-17-13(2)6-4-8-15(17)23-18(20)19-16(21)10-9-14-7-5-12-22-14/h3-10,12H,1,11H2,2H3. The molecule has 3 nitrogen and oxygen atoms in total. The van der Waals surface area contributed by atoms with Gasteiger partial charge in [-0.05, 0) is 36.1 Å². The second-order valence-corrected chi connectivity index (χ2v) is 6.99. The highest BCUT2D eigenvalue weighted by Crippen LogP contribution is 2.21. The Morgan fingerprint density at radius 2 is 2.22 bits per heavy atom. The first kappa shape index (κ1) is 15.6. The molecule has 116 valence electrons. The molecule has 3 rings (SSSR count). The molecule has 0 radical (unpaired) electrons. The molecule has 1 amide bonds. The third-order valence-corrected chi connectivity index (χ3v) is 5.23. The molecule has 0 fully saturated rings. The Kier molecular flexibility index (Phi) is 4.69. The van der Waals surface area contributed by atoms with Gasteiger partial charge in [-0.15, -0.1) is 17.9 Å². The van der Waals surface area contributed by atoms with Crippen LogP contribution in [0, 0.1) is 6.92 Å². The molecule has 0 atom stereocenters. The number of allylic oxidation sites excluding steroid dienone is 1. The van der Waals surface area contributed by atoms with Crippen LogP contribution >= 0.6 is 22.7 Å². The van der Waals surface area contributed by atoms with Gasteiger partial charge in [-0.25, -0.2) is 0 Å². The lowest BCUT2D eigenvalue weighted by Crippen LogP contribution is -2.16. The molecular formula is C18H16N2OS2. The minimum Gasteiger partial charge on any atom is -0.312 e. The largest absolute Gasteiger partial charge is 0.312 e. The average Bonchev–Trinajstić information content (AvgIpc) is 3.15. The molecule has 23 heavy (non-hydrogen) atoms. The van der Waals surface area contributed by atoms with Crippen molar-refractivity contribution in [3.05, 3.63) is 69.7 Å². The van der Waals surface area contributed by atoms with E-state index >= 15 is 0 Å². The maximum atomic E-state index is 12.1. The number of aromatic nitrogens is 1. The summed E-state index contributed by atoms with van der Waals surface area (Å²) in [5.74, 6) is -0.250. The lowest BCUT2D eigenvalue weighted by Gasteiger charge is -2.03. The fourth-order valence-electron chi connectivity index (χ4n) is 2.36. The van der Waals surface area contributed by atoms with E-state index in [0.29, 0.717) is 11.3 Å². The van der Waals surface area contributed by atoms with E-state index in [1.807, 2.05) is 34.2 Å². The molecule has 0 aliphatic rings. The van der Waals surface area contributed by atoms with Crippen LogP contribution in [-0.2, 0) is 11.3 Å². The number of thiophene rings is 1. The number of carbonyl (C=O) groups is 1. The van der Waals surface area contributed by atoms with Crippen LogP contribution in [0.5, 0.6) is 0 Å². The minimum atomic E-state index is -0.250. The Morgan fingerprint density at radius 3 is 2.96 bits per heavy atom. The molecular weight excluding hydrogens is 324 g/mol. The molecule has 0 aliphatic carbocycles. The second kappa shape index (κ2) is 6.89. The summed E-state index contributed by atoms with van der Waals surface area (Å²) in [5.41, 5.74) is 2.29. The smallest absolute Gasteiger partial charge is 0.272 e. The van der Waals surface area contributed by atoms with Gasteiger partial charge in [0.05, 0.1) is 10.2 Å². The molecule has 2 heterocycles. The van der Waals surface area contributed by atoms with Gasteiger partial charge in [-0.1, -0.05) is 35.6 Å². The highest BCUT2D eigenvalue weighted by molar-refractivity contribution is 7.16. The van der Waals surface area contributed by atoms with Crippen molar-refractivity contribution in [2.75, 3.05) is 0 Å². The summed E-state index contributed by atoms with van der Waals surface area (Å²) in [5, 5.41) is 1.98. The first-order valence-corrected chi connectivity index (χ1v) is 8.89. The van der Waals surface area contributed by atoms with E-state index in [0.717, 1.165) is 15.1 Å². The average molecular weight is 340 g/mol. The van der Waals surface area contributed by atoms with Crippen molar-refractivity contribution >= 4 is 44.9 Å². The number of rotatable bonds is 4. The molecule has 0 saturated carbocycles. The molecule has 0 spiro atoms. The van der Waals surface area contributed by atoms with E-state index in [4.69, 9.17) is 0 Å².